The van der Waals surface area contributed by atoms with Crippen molar-refractivity contribution in [1.82, 2.24) is 0 Å². The van der Waals surface area contributed by atoms with Gasteiger partial charge in [-0.05, 0) is 60.4 Å². The Hall–Kier alpha value is -3.60. The summed E-state index contributed by atoms with van der Waals surface area (Å²) in [5.74, 6) is -0.426. The fourth-order valence-corrected chi connectivity index (χ4v) is 3.41. The van der Waals surface area contributed by atoms with Crippen LogP contribution in [0.3, 0.4) is 0 Å². The fraction of sp³-hybridized carbons (Fsp3) is 0.200. The molecule has 0 aliphatic rings. The molecule has 3 aromatic carbocycles. The number of hydrogen-bond donors (Lipinski definition) is 3. The zero-order chi connectivity index (χ0) is 21.7. The number of nitrogens with two attached hydrogens (primary N) is 1. The largest absolute Gasteiger partial charge is 0.397 e. The van der Waals surface area contributed by atoms with Gasteiger partial charge in [0.2, 0.25) is 5.91 Å². The van der Waals surface area contributed by atoms with Crippen LogP contribution in [0.2, 0.25) is 0 Å². The normalized spacial score (nSPS) is 11.7. The van der Waals surface area contributed by atoms with Gasteiger partial charge in [0.05, 0.1) is 17.3 Å². The van der Waals surface area contributed by atoms with E-state index in [-0.39, 0.29) is 23.7 Å². The molecule has 5 nitrogen and oxygen atoms in total. The van der Waals surface area contributed by atoms with Crippen LogP contribution >= 0.6 is 0 Å². The van der Waals surface area contributed by atoms with Gasteiger partial charge in [-0.1, -0.05) is 50.2 Å². The number of aryl methyl sites for hydroxylation is 1. The van der Waals surface area contributed by atoms with E-state index >= 15 is 0 Å². The molecule has 1 atom stereocenters. The van der Waals surface area contributed by atoms with Crippen molar-refractivity contribution in [2.75, 3.05) is 16.4 Å². The Bertz CT molecular complexity index is 1030. The minimum atomic E-state index is -0.257. The van der Waals surface area contributed by atoms with E-state index in [1.54, 1.807) is 30.3 Å². The summed E-state index contributed by atoms with van der Waals surface area (Å²) >= 11 is 0. The average molecular weight is 402 g/mol. The molecule has 4 N–H and O–H groups in total. The zero-order valence-electron chi connectivity index (χ0n) is 17.5. The number of rotatable bonds is 6. The molecule has 0 aliphatic heterocycles. The summed E-state index contributed by atoms with van der Waals surface area (Å²) < 4.78 is 0. The van der Waals surface area contributed by atoms with Gasteiger partial charge in [-0.2, -0.15) is 0 Å². The predicted molar refractivity (Wildman–Crippen MR) is 123 cm³/mol. The van der Waals surface area contributed by atoms with E-state index in [0.29, 0.717) is 22.6 Å². The van der Waals surface area contributed by atoms with Gasteiger partial charge < -0.3 is 16.4 Å². The second kappa shape index (κ2) is 9.27. The van der Waals surface area contributed by atoms with Crippen LogP contribution in [-0.2, 0) is 4.79 Å². The van der Waals surface area contributed by atoms with E-state index in [1.165, 1.54) is 0 Å². The van der Waals surface area contributed by atoms with Gasteiger partial charge in [-0.15, -0.1) is 0 Å². The summed E-state index contributed by atoms with van der Waals surface area (Å²) in [5.41, 5.74) is 10.2. The molecule has 5 heteroatoms. The molecule has 0 heterocycles. The maximum Gasteiger partial charge on any atom is 0.255 e. The van der Waals surface area contributed by atoms with Gasteiger partial charge in [0.25, 0.3) is 5.91 Å². The molecule has 2 amide bonds. The number of carbonyl (C=O) groups is 2. The summed E-state index contributed by atoms with van der Waals surface area (Å²) in [5, 5.41) is 5.78. The van der Waals surface area contributed by atoms with Crippen molar-refractivity contribution in [3.05, 3.63) is 89.5 Å². The Labute approximate surface area is 177 Å². The number of nitrogen functional groups attached to an aromatic ring is 1. The summed E-state index contributed by atoms with van der Waals surface area (Å²) in [4.78, 5) is 25.4. The molecule has 0 fully saturated rings. The molecule has 154 valence electrons. The van der Waals surface area contributed by atoms with Gasteiger partial charge >= 0.3 is 0 Å². The van der Waals surface area contributed by atoms with Crippen LogP contribution in [0, 0.1) is 12.8 Å². The molecule has 0 radical (unpaired) electrons. The van der Waals surface area contributed by atoms with E-state index in [4.69, 9.17) is 5.73 Å². The highest BCUT2D eigenvalue weighted by molar-refractivity contribution is 6.06. The van der Waals surface area contributed by atoms with Crippen LogP contribution in [0.15, 0.2) is 72.8 Å². The summed E-state index contributed by atoms with van der Waals surface area (Å²) in [7, 11) is 0. The van der Waals surface area contributed by atoms with Crippen molar-refractivity contribution in [3.63, 3.8) is 0 Å². The van der Waals surface area contributed by atoms with Gasteiger partial charge in [0.15, 0.2) is 0 Å². The Kier molecular flexibility index (Phi) is 6.52. The lowest BCUT2D eigenvalue weighted by molar-refractivity contribution is -0.118. The third kappa shape index (κ3) is 5.06. The number of nitrogens with one attached hydrogen (secondary N) is 2. The standard InChI is InChI=1S/C25H27N3O2/c1-16(2)23(18-7-5-4-6-8-18)25(30)27-20-12-10-19(11-13-20)24(29)28-22-14-9-17(3)15-21(22)26/h4-16,23H,26H2,1-3H3,(H,27,30)(H,28,29)/t23-/m1/s1. The van der Waals surface area contributed by atoms with E-state index in [0.717, 1.165) is 11.1 Å². The van der Waals surface area contributed by atoms with Crippen molar-refractivity contribution in [1.29, 1.82) is 0 Å². The third-order valence-electron chi connectivity index (χ3n) is 4.98. The van der Waals surface area contributed by atoms with Gasteiger partial charge in [-0.25, -0.2) is 0 Å². The molecular weight excluding hydrogens is 374 g/mol. The smallest absolute Gasteiger partial charge is 0.255 e. The highest BCUT2D eigenvalue weighted by atomic mass is 16.2. The van der Waals surface area contributed by atoms with Gasteiger partial charge in [0, 0.05) is 11.3 Å². The van der Waals surface area contributed by atoms with E-state index in [1.807, 2.05) is 63.2 Å². The van der Waals surface area contributed by atoms with Crippen LogP contribution in [0.4, 0.5) is 17.1 Å². The summed E-state index contributed by atoms with van der Waals surface area (Å²) in [6.45, 7) is 6.00. The Morgan fingerprint density at radius 3 is 2.13 bits per heavy atom. The summed E-state index contributed by atoms with van der Waals surface area (Å²) in [6.07, 6.45) is 0. The van der Waals surface area contributed by atoms with Crippen molar-refractivity contribution >= 4 is 28.9 Å². The highest BCUT2D eigenvalue weighted by Crippen LogP contribution is 2.26. The minimum Gasteiger partial charge on any atom is -0.397 e. The van der Waals surface area contributed by atoms with Crippen LogP contribution in [0.5, 0.6) is 0 Å². The lowest BCUT2D eigenvalue weighted by Gasteiger charge is -2.21. The van der Waals surface area contributed by atoms with E-state index in [9.17, 15) is 9.59 Å². The maximum atomic E-state index is 12.9. The van der Waals surface area contributed by atoms with Crippen molar-refractivity contribution in [2.45, 2.75) is 26.7 Å². The maximum absolute atomic E-state index is 12.9. The van der Waals surface area contributed by atoms with Crippen LogP contribution in [0.25, 0.3) is 0 Å². The van der Waals surface area contributed by atoms with Crippen LogP contribution in [0.1, 0.15) is 41.3 Å². The Morgan fingerprint density at radius 1 is 0.867 bits per heavy atom. The molecule has 0 saturated heterocycles. The molecule has 3 aromatic rings. The van der Waals surface area contributed by atoms with Gasteiger partial charge in [-0.3, -0.25) is 9.59 Å². The molecule has 0 aliphatic carbocycles. The minimum absolute atomic E-state index is 0.0687. The number of anilines is 3. The lowest BCUT2D eigenvalue weighted by Crippen LogP contribution is -2.25. The first-order valence-corrected chi connectivity index (χ1v) is 9.98. The number of carbonyl (C=O) groups excluding carboxylic acids is 2. The van der Waals surface area contributed by atoms with Crippen LogP contribution in [-0.4, -0.2) is 11.8 Å². The van der Waals surface area contributed by atoms with Crippen molar-refractivity contribution in [3.8, 4) is 0 Å². The van der Waals surface area contributed by atoms with Gasteiger partial charge in [0.1, 0.15) is 0 Å². The monoisotopic (exact) mass is 401 g/mol. The van der Waals surface area contributed by atoms with Crippen molar-refractivity contribution in [2.24, 2.45) is 5.92 Å². The van der Waals surface area contributed by atoms with Crippen molar-refractivity contribution < 1.29 is 9.59 Å². The molecule has 0 bridgehead atoms. The Morgan fingerprint density at radius 2 is 1.53 bits per heavy atom. The zero-order valence-corrected chi connectivity index (χ0v) is 17.5. The van der Waals surface area contributed by atoms with Crippen LogP contribution < -0.4 is 16.4 Å². The second-order valence-corrected chi connectivity index (χ2v) is 7.74. The number of amides is 2. The molecule has 3 rings (SSSR count). The van der Waals surface area contributed by atoms with E-state index in [2.05, 4.69) is 10.6 Å². The number of benzene rings is 3. The SMILES string of the molecule is Cc1ccc(NC(=O)c2ccc(NC(=O)[C@@H](c3ccccc3)C(C)C)cc2)c(N)c1. The average Bonchev–Trinajstić information content (AvgIpc) is 2.71. The Balaban J connectivity index is 1.69. The fourth-order valence-electron chi connectivity index (χ4n) is 3.41. The molecule has 0 aromatic heterocycles. The quantitative estimate of drug-likeness (QED) is 0.496. The second-order valence-electron chi connectivity index (χ2n) is 7.74. The highest BCUT2D eigenvalue weighted by Gasteiger charge is 2.24. The first kappa shape index (κ1) is 21.1. The third-order valence-corrected chi connectivity index (χ3v) is 4.98. The number of hydrogen-bond acceptors (Lipinski definition) is 3. The lowest BCUT2D eigenvalue weighted by atomic mass is 9.87. The van der Waals surface area contributed by atoms with E-state index < -0.39 is 0 Å². The molecular formula is C25H27N3O2. The topological polar surface area (TPSA) is 84.2 Å². The summed E-state index contributed by atoms with van der Waals surface area (Å²) in [6, 6.07) is 22.1. The first-order valence-electron chi connectivity index (χ1n) is 9.98. The first-order chi connectivity index (χ1) is 14.3. The predicted octanol–water partition coefficient (Wildman–Crippen LogP) is 5.21. The molecule has 0 spiro atoms. The molecule has 0 saturated carbocycles. The molecule has 30 heavy (non-hydrogen) atoms. The molecule has 0 unspecified atom stereocenters.